The molecule has 0 spiro atoms. The Hall–Kier alpha value is -0.950. The van der Waals surface area contributed by atoms with Crippen LogP contribution in [0.5, 0.6) is 0 Å². The Morgan fingerprint density at radius 2 is 1.68 bits per heavy atom. The van der Waals surface area contributed by atoms with Crippen LogP contribution in [-0.4, -0.2) is 66.8 Å². The van der Waals surface area contributed by atoms with Gasteiger partial charge in [0.2, 0.25) is 10.0 Å². The molecule has 124 valence electrons. The first-order valence-electron chi connectivity index (χ1n) is 7.73. The summed E-state index contributed by atoms with van der Waals surface area (Å²) in [6.07, 6.45) is 0.547. The van der Waals surface area contributed by atoms with Gasteiger partial charge in [0.1, 0.15) is 0 Å². The average Bonchev–Trinajstić information content (AvgIpc) is 2.54. The molecule has 0 radical (unpaired) electrons. The lowest BCUT2D eigenvalue weighted by Gasteiger charge is -2.42. The molecular weight excluding hydrogens is 300 g/mol. The van der Waals surface area contributed by atoms with Crippen LogP contribution in [0.1, 0.15) is 19.4 Å². The first-order valence-corrected chi connectivity index (χ1v) is 9.34. The number of rotatable bonds is 6. The molecule has 0 bridgehead atoms. The standard InChI is InChI=1S/C16H26N2O3S/c1-16(2,14-19)17-9-11-18(12-10-17)22(20,21)13-8-15-6-4-3-5-7-15/h3-7,19H,8-14H2,1-2H3. The molecule has 0 unspecified atom stereocenters. The number of hydrogen-bond donors (Lipinski definition) is 1. The smallest absolute Gasteiger partial charge is 0.214 e. The van der Waals surface area contributed by atoms with Crippen molar-refractivity contribution in [2.45, 2.75) is 25.8 Å². The molecule has 1 saturated heterocycles. The van der Waals surface area contributed by atoms with Crippen LogP contribution >= 0.6 is 0 Å². The van der Waals surface area contributed by atoms with Crippen molar-refractivity contribution in [1.82, 2.24) is 9.21 Å². The lowest BCUT2D eigenvalue weighted by Crippen LogP contribution is -2.57. The molecule has 5 nitrogen and oxygen atoms in total. The first kappa shape index (κ1) is 17.4. The van der Waals surface area contributed by atoms with Crippen molar-refractivity contribution in [2.75, 3.05) is 38.5 Å². The topological polar surface area (TPSA) is 60.9 Å². The lowest BCUT2D eigenvalue weighted by molar-refractivity contribution is 0.0334. The van der Waals surface area contributed by atoms with Gasteiger partial charge in [0.05, 0.1) is 12.4 Å². The van der Waals surface area contributed by atoms with E-state index in [1.54, 1.807) is 4.31 Å². The summed E-state index contributed by atoms with van der Waals surface area (Å²) < 4.78 is 26.5. The number of aliphatic hydroxyl groups excluding tert-OH is 1. The zero-order valence-electron chi connectivity index (χ0n) is 13.4. The number of hydrogen-bond acceptors (Lipinski definition) is 4. The molecule has 22 heavy (non-hydrogen) atoms. The van der Waals surface area contributed by atoms with Crippen molar-refractivity contribution in [1.29, 1.82) is 0 Å². The molecule has 1 aliphatic heterocycles. The van der Waals surface area contributed by atoms with Gasteiger partial charge in [-0.15, -0.1) is 0 Å². The van der Waals surface area contributed by atoms with E-state index in [4.69, 9.17) is 0 Å². The summed E-state index contributed by atoms with van der Waals surface area (Å²) in [5.74, 6) is 0.153. The number of nitrogens with zero attached hydrogens (tertiary/aromatic N) is 2. The average molecular weight is 326 g/mol. The highest BCUT2D eigenvalue weighted by molar-refractivity contribution is 7.89. The van der Waals surface area contributed by atoms with Gasteiger partial charge in [0.25, 0.3) is 0 Å². The molecule has 0 aliphatic carbocycles. The van der Waals surface area contributed by atoms with E-state index < -0.39 is 10.0 Å². The fraction of sp³-hybridized carbons (Fsp3) is 0.625. The van der Waals surface area contributed by atoms with E-state index in [1.165, 1.54) is 0 Å². The van der Waals surface area contributed by atoms with E-state index >= 15 is 0 Å². The Morgan fingerprint density at radius 3 is 2.23 bits per heavy atom. The number of benzene rings is 1. The fourth-order valence-electron chi connectivity index (χ4n) is 2.69. The molecule has 1 N–H and O–H groups in total. The fourth-order valence-corrected chi connectivity index (χ4v) is 4.16. The largest absolute Gasteiger partial charge is 0.394 e. The van der Waals surface area contributed by atoms with Crippen LogP contribution in [0.4, 0.5) is 0 Å². The number of aryl methyl sites for hydroxylation is 1. The Labute approximate surface area is 133 Å². The first-order chi connectivity index (χ1) is 10.3. The normalized spacial score (nSPS) is 18.5. The Bertz CT molecular complexity index is 564. The molecule has 1 fully saturated rings. The van der Waals surface area contributed by atoms with Gasteiger partial charge in [-0.1, -0.05) is 30.3 Å². The monoisotopic (exact) mass is 326 g/mol. The second-order valence-corrected chi connectivity index (χ2v) is 8.50. The van der Waals surface area contributed by atoms with Crippen LogP contribution < -0.4 is 0 Å². The predicted octanol–water partition coefficient (Wildman–Crippen LogP) is 0.947. The van der Waals surface area contributed by atoms with Gasteiger partial charge in [0, 0.05) is 31.7 Å². The van der Waals surface area contributed by atoms with E-state index in [9.17, 15) is 13.5 Å². The van der Waals surface area contributed by atoms with Crippen LogP contribution in [0.3, 0.4) is 0 Å². The summed E-state index contributed by atoms with van der Waals surface area (Å²) in [4.78, 5) is 2.15. The SMILES string of the molecule is CC(C)(CO)N1CCN(S(=O)(=O)CCc2ccccc2)CC1. The van der Waals surface area contributed by atoms with Gasteiger partial charge < -0.3 is 5.11 Å². The minimum atomic E-state index is -3.21. The van der Waals surface area contributed by atoms with Gasteiger partial charge in [0.15, 0.2) is 0 Å². The van der Waals surface area contributed by atoms with Crippen molar-refractivity contribution in [3.8, 4) is 0 Å². The number of aliphatic hydroxyl groups is 1. The Kier molecular flexibility index (Phi) is 5.60. The van der Waals surface area contributed by atoms with E-state index in [0.717, 1.165) is 5.56 Å². The van der Waals surface area contributed by atoms with Crippen molar-refractivity contribution in [2.24, 2.45) is 0 Å². The Morgan fingerprint density at radius 1 is 1.09 bits per heavy atom. The van der Waals surface area contributed by atoms with E-state index in [0.29, 0.717) is 32.6 Å². The molecule has 0 aromatic heterocycles. The summed E-state index contributed by atoms with van der Waals surface area (Å²) in [5, 5.41) is 9.41. The molecule has 0 amide bonds. The maximum absolute atomic E-state index is 12.4. The maximum Gasteiger partial charge on any atom is 0.214 e. The van der Waals surface area contributed by atoms with Crippen LogP contribution in [0.15, 0.2) is 30.3 Å². The molecule has 0 saturated carbocycles. The summed E-state index contributed by atoms with van der Waals surface area (Å²) in [6.45, 7) is 6.37. The maximum atomic E-state index is 12.4. The van der Waals surface area contributed by atoms with Gasteiger partial charge in [-0.3, -0.25) is 4.90 Å². The summed E-state index contributed by atoms with van der Waals surface area (Å²) >= 11 is 0. The molecule has 1 aliphatic rings. The molecule has 1 aromatic rings. The highest BCUT2D eigenvalue weighted by Crippen LogP contribution is 2.18. The second kappa shape index (κ2) is 7.08. The van der Waals surface area contributed by atoms with E-state index in [2.05, 4.69) is 4.90 Å². The summed E-state index contributed by atoms with van der Waals surface area (Å²) in [5.41, 5.74) is 0.756. The van der Waals surface area contributed by atoms with Gasteiger partial charge in [-0.25, -0.2) is 8.42 Å². The zero-order chi connectivity index (χ0) is 16.2. The molecule has 1 heterocycles. The molecule has 6 heteroatoms. The van der Waals surface area contributed by atoms with Crippen LogP contribution in [0.25, 0.3) is 0 Å². The Balaban J connectivity index is 1.90. The highest BCUT2D eigenvalue weighted by atomic mass is 32.2. The highest BCUT2D eigenvalue weighted by Gasteiger charge is 2.32. The van der Waals surface area contributed by atoms with E-state index in [1.807, 2.05) is 44.2 Å². The van der Waals surface area contributed by atoms with Gasteiger partial charge >= 0.3 is 0 Å². The quantitative estimate of drug-likeness (QED) is 0.845. The van der Waals surface area contributed by atoms with Crippen molar-refractivity contribution in [3.63, 3.8) is 0 Å². The third-order valence-electron chi connectivity index (χ3n) is 4.37. The molecule has 0 atom stereocenters. The number of sulfonamides is 1. The zero-order valence-corrected chi connectivity index (χ0v) is 14.2. The van der Waals surface area contributed by atoms with Gasteiger partial charge in [-0.05, 0) is 25.8 Å². The van der Waals surface area contributed by atoms with Crippen LogP contribution in [0.2, 0.25) is 0 Å². The lowest BCUT2D eigenvalue weighted by atomic mass is 10.0. The molecule has 1 aromatic carbocycles. The minimum absolute atomic E-state index is 0.0771. The number of piperazine rings is 1. The van der Waals surface area contributed by atoms with Gasteiger partial charge in [-0.2, -0.15) is 4.31 Å². The van der Waals surface area contributed by atoms with Crippen LogP contribution in [-0.2, 0) is 16.4 Å². The van der Waals surface area contributed by atoms with Crippen molar-refractivity contribution in [3.05, 3.63) is 35.9 Å². The molecule has 2 rings (SSSR count). The predicted molar refractivity (Wildman–Crippen MR) is 88.2 cm³/mol. The summed E-state index contributed by atoms with van der Waals surface area (Å²) in [6, 6.07) is 9.70. The third kappa shape index (κ3) is 4.29. The second-order valence-electron chi connectivity index (χ2n) is 6.41. The minimum Gasteiger partial charge on any atom is -0.394 e. The molecular formula is C16H26N2O3S. The van der Waals surface area contributed by atoms with Crippen molar-refractivity contribution >= 4 is 10.0 Å². The van der Waals surface area contributed by atoms with Crippen LogP contribution in [0, 0.1) is 0 Å². The summed E-state index contributed by atoms with van der Waals surface area (Å²) in [7, 11) is -3.21. The third-order valence-corrected chi connectivity index (χ3v) is 6.24. The van der Waals surface area contributed by atoms with E-state index in [-0.39, 0.29) is 17.9 Å². The van der Waals surface area contributed by atoms with Crippen molar-refractivity contribution < 1.29 is 13.5 Å².